The summed E-state index contributed by atoms with van der Waals surface area (Å²) in [5.74, 6) is 2.01. The van der Waals surface area contributed by atoms with Crippen molar-refractivity contribution in [3.05, 3.63) is 152 Å². The van der Waals surface area contributed by atoms with Crippen LogP contribution in [0.4, 0.5) is 0 Å². The van der Waals surface area contributed by atoms with Crippen LogP contribution in [0.2, 0.25) is 0 Å². The molecule has 4 heteroatoms. The van der Waals surface area contributed by atoms with Crippen molar-refractivity contribution >= 4 is 74.6 Å². The molecule has 0 N–H and O–H groups in total. The molecular weight excluding hydrogens is 591 g/mol. The Hall–Kier alpha value is -5.97. The van der Waals surface area contributed by atoms with Crippen molar-refractivity contribution in [1.82, 2.24) is 15.0 Å². The van der Waals surface area contributed by atoms with Crippen molar-refractivity contribution in [2.45, 2.75) is 0 Å². The van der Waals surface area contributed by atoms with E-state index in [0.29, 0.717) is 17.5 Å². The maximum absolute atomic E-state index is 5.29. The molecule has 0 amide bonds. The molecule has 0 saturated carbocycles. The Morgan fingerprint density at radius 2 is 0.957 bits per heavy atom. The van der Waals surface area contributed by atoms with Crippen LogP contribution < -0.4 is 0 Å². The van der Waals surface area contributed by atoms with E-state index in [1.807, 2.05) is 29.5 Å². The molecule has 0 aliphatic rings. The Balaban J connectivity index is 1.29. The molecule has 0 aliphatic carbocycles. The maximum Gasteiger partial charge on any atom is 0.164 e. The molecule has 0 aliphatic heterocycles. The van der Waals surface area contributed by atoms with Crippen LogP contribution in [0, 0.1) is 0 Å². The lowest BCUT2D eigenvalue weighted by atomic mass is 9.96. The van der Waals surface area contributed by atoms with Crippen LogP contribution in [-0.2, 0) is 0 Å². The predicted molar refractivity (Wildman–Crippen MR) is 199 cm³/mol. The molecule has 0 unspecified atom stereocenters. The van der Waals surface area contributed by atoms with Crippen molar-refractivity contribution in [1.29, 1.82) is 0 Å². The number of benzene rings is 8. The van der Waals surface area contributed by atoms with Gasteiger partial charge in [-0.05, 0) is 67.4 Å². The molecule has 2 heterocycles. The summed E-state index contributed by atoms with van der Waals surface area (Å²) in [6.07, 6.45) is 0. The van der Waals surface area contributed by atoms with E-state index in [2.05, 4.69) is 133 Å². The Kier molecular flexibility index (Phi) is 5.74. The van der Waals surface area contributed by atoms with E-state index in [1.165, 1.54) is 52.5 Å². The summed E-state index contributed by atoms with van der Waals surface area (Å²) in [4.78, 5) is 15.6. The van der Waals surface area contributed by atoms with Crippen LogP contribution >= 0.6 is 11.3 Å². The number of thiophene rings is 1. The second-order valence-electron chi connectivity index (χ2n) is 12.0. The van der Waals surface area contributed by atoms with Crippen LogP contribution in [-0.4, -0.2) is 15.0 Å². The van der Waals surface area contributed by atoms with E-state index in [0.717, 1.165) is 27.5 Å². The van der Waals surface area contributed by atoms with Gasteiger partial charge in [-0.25, -0.2) is 15.0 Å². The fourth-order valence-corrected chi connectivity index (χ4v) is 8.25. The first kappa shape index (κ1) is 26.3. The van der Waals surface area contributed by atoms with Gasteiger partial charge in [0, 0.05) is 36.9 Å². The number of aromatic nitrogens is 3. The van der Waals surface area contributed by atoms with Gasteiger partial charge in [0.2, 0.25) is 0 Å². The molecule has 10 rings (SSSR count). The minimum Gasteiger partial charge on any atom is -0.208 e. The van der Waals surface area contributed by atoms with Gasteiger partial charge in [-0.2, -0.15) is 0 Å². The monoisotopic (exact) mass is 615 g/mol. The van der Waals surface area contributed by atoms with Gasteiger partial charge in [0.15, 0.2) is 17.5 Å². The van der Waals surface area contributed by atoms with E-state index in [4.69, 9.17) is 15.0 Å². The molecule has 47 heavy (non-hydrogen) atoms. The van der Waals surface area contributed by atoms with E-state index >= 15 is 0 Å². The molecule has 0 radical (unpaired) electrons. The number of rotatable bonds is 3. The smallest absolute Gasteiger partial charge is 0.164 e. The van der Waals surface area contributed by atoms with Crippen LogP contribution in [0.15, 0.2) is 152 Å². The summed E-state index contributed by atoms with van der Waals surface area (Å²) in [6.45, 7) is 0. The Morgan fingerprint density at radius 1 is 0.340 bits per heavy atom. The number of fused-ring (bicyclic) bond motifs is 9. The lowest BCUT2D eigenvalue weighted by Gasteiger charge is -2.13. The summed E-state index contributed by atoms with van der Waals surface area (Å²) in [5.41, 5.74) is 2.97. The number of nitrogens with zero attached hydrogens (tertiary/aromatic N) is 3. The maximum atomic E-state index is 5.29. The number of hydrogen-bond acceptors (Lipinski definition) is 4. The van der Waals surface area contributed by atoms with Gasteiger partial charge in [0.05, 0.1) is 0 Å². The lowest BCUT2D eigenvalue weighted by molar-refractivity contribution is 1.08. The largest absolute Gasteiger partial charge is 0.208 e. The van der Waals surface area contributed by atoms with Crippen molar-refractivity contribution in [3.63, 3.8) is 0 Å². The average molecular weight is 616 g/mol. The summed E-state index contributed by atoms with van der Waals surface area (Å²) in [5, 5.41) is 12.1. The second-order valence-corrected chi connectivity index (χ2v) is 13.1. The molecule has 0 saturated heterocycles. The van der Waals surface area contributed by atoms with E-state index < -0.39 is 0 Å². The number of hydrogen-bond donors (Lipinski definition) is 0. The third kappa shape index (κ3) is 4.16. The van der Waals surface area contributed by atoms with Crippen molar-refractivity contribution in [2.75, 3.05) is 0 Å². The topological polar surface area (TPSA) is 38.7 Å². The lowest BCUT2D eigenvalue weighted by Crippen LogP contribution is -2.01. The van der Waals surface area contributed by atoms with E-state index in [9.17, 15) is 0 Å². The minimum atomic E-state index is 0.663. The van der Waals surface area contributed by atoms with Gasteiger partial charge in [0.25, 0.3) is 0 Å². The first-order chi connectivity index (χ1) is 23.3. The Labute approximate surface area is 274 Å². The molecule has 218 valence electrons. The normalized spacial score (nSPS) is 11.8. The van der Waals surface area contributed by atoms with Gasteiger partial charge in [-0.3, -0.25) is 0 Å². The second kappa shape index (κ2) is 10.3. The zero-order valence-electron chi connectivity index (χ0n) is 25.2. The third-order valence-corrected chi connectivity index (χ3v) is 10.4. The first-order valence-corrected chi connectivity index (χ1v) is 16.6. The molecular formula is C43H25N3S. The molecule has 0 bridgehead atoms. The van der Waals surface area contributed by atoms with Crippen molar-refractivity contribution < 1.29 is 0 Å². The van der Waals surface area contributed by atoms with Crippen LogP contribution in [0.1, 0.15) is 0 Å². The Morgan fingerprint density at radius 3 is 1.79 bits per heavy atom. The SMILES string of the molecule is c1ccc(-c2nc(-c3cc4ccccc4c4ccccc34)nc(-c3cccc4sc5cc6ccc7ccccc7c6cc5c34)n2)cc1. The van der Waals surface area contributed by atoms with E-state index in [1.54, 1.807) is 0 Å². The molecule has 3 nitrogen and oxygen atoms in total. The summed E-state index contributed by atoms with van der Waals surface area (Å²) < 4.78 is 2.48. The predicted octanol–water partition coefficient (Wildman–Crippen LogP) is 11.9. The average Bonchev–Trinajstić information content (AvgIpc) is 3.51. The zero-order chi connectivity index (χ0) is 30.9. The minimum absolute atomic E-state index is 0.663. The van der Waals surface area contributed by atoms with Gasteiger partial charge in [0.1, 0.15) is 0 Å². The van der Waals surface area contributed by atoms with Crippen molar-refractivity contribution in [2.24, 2.45) is 0 Å². The van der Waals surface area contributed by atoms with Crippen LogP contribution in [0.25, 0.3) is 97.4 Å². The summed E-state index contributed by atoms with van der Waals surface area (Å²) >= 11 is 1.82. The van der Waals surface area contributed by atoms with E-state index in [-0.39, 0.29) is 0 Å². The fourth-order valence-electron chi connectivity index (χ4n) is 7.08. The molecule has 10 aromatic rings. The van der Waals surface area contributed by atoms with Gasteiger partial charge in [-0.15, -0.1) is 11.3 Å². The molecule has 0 fully saturated rings. The zero-order valence-corrected chi connectivity index (χ0v) is 26.0. The highest BCUT2D eigenvalue weighted by atomic mass is 32.1. The Bertz CT molecular complexity index is 2850. The first-order valence-electron chi connectivity index (χ1n) is 15.8. The standard InChI is InChI=1S/C43H25N3S/c1-2-12-27(13-3-1)41-44-42(46-43(45-41)36-23-28-14-5-7-16-31(28)32-17-8-9-18-33(32)36)34-19-10-20-38-40(34)37-25-35-29(24-39(37)47-38)22-21-26-11-4-6-15-30(26)35/h1-25H. The highest BCUT2D eigenvalue weighted by molar-refractivity contribution is 7.26. The quantitative estimate of drug-likeness (QED) is 0.186. The molecule has 0 spiro atoms. The third-order valence-electron chi connectivity index (χ3n) is 9.28. The van der Waals surface area contributed by atoms with Gasteiger partial charge >= 0.3 is 0 Å². The van der Waals surface area contributed by atoms with Crippen LogP contribution in [0.3, 0.4) is 0 Å². The highest BCUT2D eigenvalue weighted by Gasteiger charge is 2.19. The highest BCUT2D eigenvalue weighted by Crippen LogP contribution is 2.43. The molecule has 2 aromatic heterocycles. The fraction of sp³-hybridized carbons (Fsp3) is 0. The molecule has 8 aromatic carbocycles. The molecule has 0 atom stereocenters. The summed E-state index contributed by atoms with van der Waals surface area (Å²) in [7, 11) is 0. The van der Waals surface area contributed by atoms with Crippen LogP contribution in [0.5, 0.6) is 0 Å². The van der Waals surface area contributed by atoms with Crippen molar-refractivity contribution in [3.8, 4) is 34.2 Å². The summed E-state index contributed by atoms with van der Waals surface area (Å²) in [6, 6.07) is 53.8. The van der Waals surface area contributed by atoms with Gasteiger partial charge in [-0.1, -0.05) is 127 Å². The van der Waals surface area contributed by atoms with Gasteiger partial charge < -0.3 is 0 Å².